The van der Waals surface area contributed by atoms with Gasteiger partial charge in [0.05, 0.1) is 13.7 Å². The van der Waals surface area contributed by atoms with Gasteiger partial charge in [-0.1, -0.05) is 0 Å². The van der Waals surface area contributed by atoms with Gasteiger partial charge in [-0.15, -0.1) is 0 Å². The van der Waals surface area contributed by atoms with Crippen molar-refractivity contribution in [1.82, 2.24) is 9.62 Å². The van der Waals surface area contributed by atoms with Gasteiger partial charge >= 0.3 is 5.97 Å². The number of thiocarbonyl (C=S) groups is 1. The number of hydrogen-bond acceptors (Lipinski definition) is 6. The lowest BCUT2D eigenvalue weighted by Gasteiger charge is -2.17. The van der Waals surface area contributed by atoms with Gasteiger partial charge in [0.25, 0.3) is 0 Å². The summed E-state index contributed by atoms with van der Waals surface area (Å²) in [6.07, 6.45) is 0.860. The third-order valence-corrected chi connectivity index (χ3v) is 5.41. The first kappa shape index (κ1) is 22.1. The van der Waals surface area contributed by atoms with Gasteiger partial charge in [0.1, 0.15) is 10.6 Å². The molecule has 0 radical (unpaired) electrons. The summed E-state index contributed by atoms with van der Waals surface area (Å²) in [6, 6.07) is 4.74. The van der Waals surface area contributed by atoms with Gasteiger partial charge in [-0.3, -0.25) is 4.79 Å². The van der Waals surface area contributed by atoms with Crippen molar-refractivity contribution in [1.29, 1.82) is 0 Å². The molecule has 26 heavy (non-hydrogen) atoms. The van der Waals surface area contributed by atoms with E-state index in [4.69, 9.17) is 17.0 Å². The molecule has 146 valence electrons. The first-order valence-corrected chi connectivity index (χ1v) is 9.88. The Labute approximate surface area is 159 Å². The molecule has 0 aromatic heterocycles. The van der Waals surface area contributed by atoms with E-state index in [-0.39, 0.29) is 16.6 Å². The second-order valence-corrected chi connectivity index (χ2v) is 7.97. The van der Waals surface area contributed by atoms with E-state index >= 15 is 0 Å². The summed E-state index contributed by atoms with van der Waals surface area (Å²) < 4.78 is 36.1. The van der Waals surface area contributed by atoms with E-state index in [9.17, 15) is 13.2 Å². The highest BCUT2D eigenvalue weighted by Gasteiger charge is 2.23. The van der Waals surface area contributed by atoms with E-state index in [1.165, 1.54) is 27.3 Å². The minimum absolute atomic E-state index is 0.0582. The number of rotatable bonds is 9. The van der Waals surface area contributed by atoms with Crippen LogP contribution in [-0.4, -0.2) is 58.2 Å². The Morgan fingerprint density at radius 3 is 2.58 bits per heavy atom. The summed E-state index contributed by atoms with van der Waals surface area (Å²) in [6.45, 7) is 2.62. The first-order chi connectivity index (χ1) is 12.2. The lowest BCUT2D eigenvalue weighted by molar-refractivity contribution is -0.140. The average Bonchev–Trinajstić information content (AvgIpc) is 2.59. The molecule has 0 saturated carbocycles. The Balaban J connectivity index is 2.82. The smallest absolute Gasteiger partial charge is 0.305 e. The second-order valence-electron chi connectivity index (χ2n) is 5.44. The molecule has 10 heteroatoms. The molecule has 1 rings (SSSR count). The molecule has 0 unspecified atom stereocenters. The van der Waals surface area contributed by atoms with E-state index in [1.54, 1.807) is 19.1 Å². The predicted octanol–water partition coefficient (Wildman–Crippen LogP) is 1.58. The van der Waals surface area contributed by atoms with Crippen LogP contribution in [0.2, 0.25) is 0 Å². The molecule has 0 atom stereocenters. The van der Waals surface area contributed by atoms with E-state index in [0.29, 0.717) is 36.8 Å². The number of carbonyl (C=O) groups excluding carboxylic acids is 1. The van der Waals surface area contributed by atoms with Crippen LogP contribution in [-0.2, 0) is 19.6 Å². The summed E-state index contributed by atoms with van der Waals surface area (Å²) in [5, 5.41) is 6.21. The molecule has 0 amide bonds. The molecule has 0 heterocycles. The fourth-order valence-corrected chi connectivity index (χ4v) is 3.24. The van der Waals surface area contributed by atoms with Crippen molar-refractivity contribution in [2.45, 2.75) is 24.7 Å². The molecule has 2 N–H and O–H groups in total. The highest BCUT2D eigenvalue weighted by molar-refractivity contribution is 7.89. The molecule has 0 aliphatic carbocycles. The van der Waals surface area contributed by atoms with Gasteiger partial charge in [0.15, 0.2) is 5.11 Å². The predicted molar refractivity (Wildman–Crippen MR) is 104 cm³/mol. The van der Waals surface area contributed by atoms with Gasteiger partial charge in [-0.05, 0) is 43.8 Å². The van der Waals surface area contributed by atoms with Crippen molar-refractivity contribution in [3.8, 4) is 5.75 Å². The van der Waals surface area contributed by atoms with E-state index in [2.05, 4.69) is 15.4 Å². The topological polar surface area (TPSA) is 97.0 Å². The fourth-order valence-electron chi connectivity index (χ4n) is 1.97. The highest BCUT2D eigenvalue weighted by Crippen LogP contribution is 2.29. The Morgan fingerprint density at radius 1 is 1.31 bits per heavy atom. The quantitative estimate of drug-likeness (QED) is 0.364. The molecule has 8 nitrogen and oxygen atoms in total. The van der Waals surface area contributed by atoms with Crippen LogP contribution in [0.15, 0.2) is 23.1 Å². The van der Waals surface area contributed by atoms with Crippen LogP contribution >= 0.6 is 12.2 Å². The number of esters is 1. The number of hydrogen-bond donors (Lipinski definition) is 2. The summed E-state index contributed by atoms with van der Waals surface area (Å²) in [7, 11) is 0.586. The molecule has 0 aliphatic heterocycles. The zero-order valence-electron chi connectivity index (χ0n) is 15.4. The van der Waals surface area contributed by atoms with Gasteiger partial charge in [-0.2, -0.15) is 0 Å². The molecule has 1 aromatic rings. The summed E-state index contributed by atoms with van der Waals surface area (Å²) >= 11 is 5.19. The number of ether oxygens (including phenoxy) is 2. The lowest BCUT2D eigenvalue weighted by Crippen LogP contribution is -2.29. The molecule has 0 bridgehead atoms. The van der Waals surface area contributed by atoms with Crippen LogP contribution < -0.4 is 15.4 Å². The second kappa shape index (κ2) is 10.3. The van der Waals surface area contributed by atoms with Crippen LogP contribution in [0, 0.1) is 0 Å². The number of nitrogens with one attached hydrogen (secondary N) is 2. The average molecular weight is 404 g/mol. The van der Waals surface area contributed by atoms with Gasteiger partial charge in [0.2, 0.25) is 10.0 Å². The maximum Gasteiger partial charge on any atom is 0.305 e. The van der Waals surface area contributed by atoms with Crippen molar-refractivity contribution in [2.75, 3.05) is 39.7 Å². The number of carbonyl (C=O) groups is 1. The Kier molecular flexibility index (Phi) is 8.76. The summed E-state index contributed by atoms with van der Waals surface area (Å²) in [5.74, 6) is -0.000528. The third kappa shape index (κ3) is 6.43. The molecule has 1 aromatic carbocycles. The number of benzene rings is 1. The molecule has 0 saturated heterocycles. The lowest BCUT2D eigenvalue weighted by atomic mass is 10.3. The van der Waals surface area contributed by atoms with Crippen molar-refractivity contribution >= 4 is 39.0 Å². The van der Waals surface area contributed by atoms with Crippen LogP contribution in [0.5, 0.6) is 5.75 Å². The van der Waals surface area contributed by atoms with Crippen molar-refractivity contribution in [3.05, 3.63) is 18.2 Å². The maximum absolute atomic E-state index is 12.5. The van der Waals surface area contributed by atoms with Gasteiger partial charge in [0, 0.05) is 32.7 Å². The Hall–Kier alpha value is -1.91. The maximum atomic E-state index is 12.5. The SMILES string of the molecule is CCOc1ccc(NC(=S)NCCCC(=O)OC)cc1S(=O)(=O)N(C)C. The molecular formula is C16H25N3O5S2. The largest absolute Gasteiger partial charge is 0.492 e. The van der Waals surface area contributed by atoms with E-state index in [0.717, 1.165) is 4.31 Å². The minimum atomic E-state index is -3.67. The molecular weight excluding hydrogens is 378 g/mol. The fraction of sp³-hybridized carbons (Fsp3) is 0.500. The van der Waals surface area contributed by atoms with E-state index in [1.807, 2.05) is 0 Å². The minimum Gasteiger partial charge on any atom is -0.492 e. The highest BCUT2D eigenvalue weighted by atomic mass is 32.2. The standard InChI is InChI=1S/C16H25N3O5S2/c1-5-24-13-9-8-12(11-14(13)26(21,22)19(2)3)18-16(25)17-10-6-7-15(20)23-4/h8-9,11H,5-7,10H2,1-4H3,(H2,17,18,25). The number of nitrogens with zero attached hydrogens (tertiary/aromatic N) is 1. The monoisotopic (exact) mass is 403 g/mol. The molecule has 0 aliphatic rings. The number of methoxy groups -OCH3 is 1. The Bertz CT molecular complexity index is 735. The van der Waals surface area contributed by atoms with Gasteiger partial charge in [-0.25, -0.2) is 12.7 Å². The van der Waals surface area contributed by atoms with Crippen LogP contribution in [0.1, 0.15) is 19.8 Å². The molecule has 0 spiro atoms. The third-order valence-electron chi connectivity index (χ3n) is 3.33. The van der Waals surface area contributed by atoms with Crippen LogP contribution in [0.4, 0.5) is 5.69 Å². The summed E-state index contributed by atoms with van der Waals surface area (Å²) in [4.78, 5) is 11.1. The van der Waals surface area contributed by atoms with Crippen molar-refractivity contribution < 1.29 is 22.7 Å². The van der Waals surface area contributed by atoms with Gasteiger partial charge < -0.3 is 20.1 Å². The number of anilines is 1. The van der Waals surface area contributed by atoms with Crippen LogP contribution in [0.25, 0.3) is 0 Å². The zero-order chi connectivity index (χ0) is 19.7. The Morgan fingerprint density at radius 2 is 2.00 bits per heavy atom. The normalized spacial score (nSPS) is 11.1. The van der Waals surface area contributed by atoms with Crippen LogP contribution in [0.3, 0.4) is 0 Å². The number of sulfonamides is 1. The van der Waals surface area contributed by atoms with E-state index < -0.39 is 10.0 Å². The van der Waals surface area contributed by atoms with Crippen molar-refractivity contribution in [2.24, 2.45) is 0 Å². The molecule has 0 fully saturated rings. The summed E-state index contributed by atoms with van der Waals surface area (Å²) in [5.41, 5.74) is 0.513. The van der Waals surface area contributed by atoms with Crippen molar-refractivity contribution in [3.63, 3.8) is 0 Å². The first-order valence-electron chi connectivity index (χ1n) is 8.03. The zero-order valence-corrected chi connectivity index (χ0v) is 17.0.